The van der Waals surface area contributed by atoms with Gasteiger partial charge in [-0.3, -0.25) is 4.79 Å². The first-order valence-electron chi connectivity index (χ1n) is 6.25. The average Bonchev–Trinajstić information content (AvgIpc) is 2.48. The fourth-order valence-electron chi connectivity index (χ4n) is 2.50. The van der Waals surface area contributed by atoms with Crippen molar-refractivity contribution in [1.82, 2.24) is 4.98 Å². The molecule has 4 aromatic rings. The minimum atomic E-state index is -0.421. The molecule has 0 N–H and O–H groups in total. The molecule has 2 nitrogen and oxygen atoms in total. The number of aromatic nitrogens is 1. The third-order valence-corrected chi connectivity index (χ3v) is 4.99. The highest BCUT2D eigenvalue weighted by Crippen LogP contribution is 2.33. The van der Waals surface area contributed by atoms with Gasteiger partial charge in [-0.25, -0.2) is 9.37 Å². The fourth-order valence-corrected chi connectivity index (χ4v) is 3.85. The van der Waals surface area contributed by atoms with Gasteiger partial charge < -0.3 is 0 Å². The first kappa shape index (κ1) is 12.7. The van der Waals surface area contributed by atoms with Crippen LogP contribution in [0.5, 0.6) is 0 Å². The van der Waals surface area contributed by atoms with E-state index in [0.29, 0.717) is 30.8 Å². The van der Waals surface area contributed by atoms with Crippen molar-refractivity contribution < 1.29 is 4.39 Å². The summed E-state index contributed by atoms with van der Waals surface area (Å²) < 4.78 is 14.8. The average molecular weight is 316 g/mol. The van der Waals surface area contributed by atoms with Crippen LogP contribution in [0.2, 0.25) is 5.15 Å². The molecular formula is C16H7ClFNOS. The van der Waals surface area contributed by atoms with Crippen LogP contribution in [0.15, 0.2) is 47.3 Å². The van der Waals surface area contributed by atoms with E-state index in [-0.39, 0.29) is 5.43 Å². The molecule has 21 heavy (non-hydrogen) atoms. The normalized spacial score (nSPS) is 11.5. The van der Waals surface area contributed by atoms with Gasteiger partial charge in [-0.15, -0.1) is 11.3 Å². The highest BCUT2D eigenvalue weighted by molar-refractivity contribution is 7.25. The van der Waals surface area contributed by atoms with Gasteiger partial charge in [0.1, 0.15) is 11.0 Å². The van der Waals surface area contributed by atoms with Gasteiger partial charge in [0.25, 0.3) is 0 Å². The largest absolute Gasteiger partial charge is 0.288 e. The summed E-state index contributed by atoms with van der Waals surface area (Å²) in [6, 6.07) is 11.5. The summed E-state index contributed by atoms with van der Waals surface area (Å²) in [6.07, 6.45) is 0. The van der Waals surface area contributed by atoms with Crippen molar-refractivity contribution in [3.05, 3.63) is 63.7 Å². The molecular weight excluding hydrogens is 309 g/mol. The summed E-state index contributed by atoms with van der Waals surface area (Å²) in [4.78, 5) is 17.1. The summed E-state index contributed by atoms with van der Waals surface area (Å²) >= 11 is 7.58. The zero-order valence-electron chi connectivity index (χ0n) is 10.6. The number of pyridine rings is 1. The van der Waals surface area contributed by atoms with E-state index >= 15 is 0 Å². The number of benzene rings is 2. The van der Waals surface area contributed by atoms with Crippen LogP contribution in [0.3, 0.4) is 0 Å². The van der Waals surface area contributed by atoms with Crippen molar-refractivity contribution in [2.24, 2.45) is 0 Å². The predicted molar refractivity (Wildman–Crippen MR) is 85.9 cm³/mol. The molecule has 0 atom stereocenters. The van der Waals surface area contributed by atoms with Gasteiger partial charge in [-0.05, 0) is 24.3 Å². The Morgan fingerprint density at radius 1 is 1.10 bits per heavy atom. The number of nitrogens with zero attached hydrogens (tertiary/aromatic N) is 1. The maximum absolute atomic E-state index is 13.4. The minimum absolute atomic E-state index is 0.209. The lowest BCUT2D eigenvalue weighted by Crippen LogP contribution is -2.03. The van der Waals surface area contributed by atoms with Crippen molar-refractivity contribution in [2.75, 3.05) is 0 Å². The third-order valence-electron chi connectivity index (χ3n) is 3.43. The second-order valence-corrected chi connectivity index (χ2v) is 6.11. The molecule has 2 aromatic heterocycles. The Bertz CT molecular complexity index is 1090. The number of rotatable bonds is 0. The lowest BCUT2D eigenvalue weighted by molar-refractivity contribution is 0.630. The van der Waals surface area contributed by atoms with Gasteiger partial charge in [0.2, 0.25) is 0 Å². The van der Waals surface area contributed by atoms with E-state index in [1.165, 1.54) is 23.5 Å². The van der Waals surface area contributed by atoms with Crippen molar-refractivity contribution >= 4 is 54.0 Å². The highest BCUT2D eigenvalue weighted by atomic mass is 35.5. The quantitative estimate of drug-likeness (QED) is 0.266. The Balaban J connectivity index is 2.37. The molecule has 2 heterocycles. The number of halogens is 2. The van der Waals surface area contributed by atoms with E-state index < -0.39 is 5.82 Å². The first-order valence-corrected chi connectivity index (χ1v) is 7.45. The maximum atomic E-state index is 13.4. The summed E-state index contributed by atoms with van der Waals surface area (Å²) in [6.45, 7) is 0. The van der Waals surface area contributed by atoms with Crippen molar-refractivity contribution in [3.63, 3.8) is 0 Å². The van der Waals surface area contributed by atoms with Crippen LogP contribution in [0.1, 0.15) is 0 Å². The second kappa shape index (κ2) is 4.48. The van der Waals surface area contributed by atoms with Gasteiger partial charge in [0.05, 0.1) is 15.6 Å². The molecule has 0 saturated carbocycles. The number of para-hydroxylation sites is 1. The molecule has 0 aliphatic carbocycles. The zero-order chi connectivity index (χ0) is 14.6. The van der Waals surface area contributed by atoms with Crippen molar-refractivity contribution in [3.8, 4) is 0 Å². The van der Waals surface area contributed by atoms with E-state index in [1.807, 2.05) is 18.2 Å². The van der Waals surface area contributed by atoms with Crippen LogP contribution >= 0.6 is 22.9 Å². The highest BCUT2D eigenvalue weighted by Gasteiger charge is 2.14. The van der Waals surface area contributed by atoms with Crippen LogP contribution in [0, 0.1) is 5.82 Å². The molecule has 4 rings (SSSR count). The topological polar surface area (TPSA) is 30.0 Å². The smallest absolute Gasteiger partial charge is 0.196 e. The molecule has 0 unspecified atom stereocenters. The van der Waals surface area contributed by atoms with Crippen LogP contribution in [-0.2, 0) is 0 Å². The fraction of sp³-hybridized carbons (Fsp3) is 0. The van der Waals surface area contributed by atoms with Crippen molar-refractivity contribution in [1.29, 1.82) is 0 Å². The number of fused-ring (bicyclic) bond motifs is 4. The molecule has 0 spiro atoms. The molecule has 0 fully saturated rings. The van der Waals surface area contributed by atoms with Gasteiger partial charge in [0, 0.05) is 15.5 Å². The van der Waals surface area contributed by atoms with Gasteiger partial charge >= 0.3 is 0 Å². The number of hydrogen-bond donors (Lipinski definition) is 0. The molecule has 0 bridgehead atoms. The molecule has 5 heteroatoms. The molecule has 0 aliphatic rings. The molecule has 0 amide bonds. The van der Waals surface area contributed by atoms with Crippen LogP contribution in [-0.4, -0.2) is 4.98 Å². The van der Waals surface area contributed by atoms with Gasteiger partial charge in [-0.1, -0.05) is 29.8 Å². The van der Waals surface area contributed by atoms with Crippen LogP contribution in [0.25, 0.3) is 31.1 Å². The molecule has 0 aliphatic heterocycles. The van der Waals surface area contributed by atoms with E-state index in [9.17, 15) is 9.18 Å². The Kier molecular flexibility index (Phi) is 2.71. The molecule has 102 valence electrons. The summed E-state index contributed by atoms with van der Waals surface area (Å²) in [5, 5.41) is 1.93. The molecule has 0 saturated heterocycles. The SMILES string of the molecule is O=c1c2cc(F)ccc2sc2c(Cl)nc3ccccc3c12. The maximum Gasteiger partial charge on any atom is 0.196 e. The zero-order valence-corrected chi connectivity index (χ0v) is 12.1. The van der Waals surface area contributed by atoms with Crippen LogP contribution in [0.4, 0.5) is 4.39 Å². The van der Waals surface area contributed by atoms with E-state index in [0.717, 1.165) is 5.39 Å². The monoisotopic (exact) mass is 315 g/mol. The Morgan fingerprint density at radius 3 is 2.76 bits per heavy atom. The van der Waals surface area contributed by atoms with Gasteiger partial charge in [0.15, 0.2) is 5.43 Å². The Morgan fingerprint density at radius 2 is 1.90 bits per heavy atom. The molecule has 0 radical (unpaired) electrons. The molecule has 2 aromatic carbocycles. The summed E-state index contributed by atoms with van der Waals surface area (Å²) in [5.74, 6) is -0.421. The number of hydrogen-bond acceptors (Lipinski definition) is 3. The Hall–Kier alpha value is -2.04. The van der Waals surface area contributed by atoms with E-state index in [1.54, 1.807) is 12.1 Å². The van der Waals surface area contributed by atoms with Crippen LogP contribution < -0.4 is 5.43 Å². The first-order chi connectivity index (χ1) is 10.1. The van der Waals surface area contributed by atoms with Crippen molar-refractivity contribution in [2.45, 2.75) is 0 Å². The van der Waals surface area contributed by atoms with Gasteiger partial charge in [-0.2, -0.15) is 0 Å². The minimum Gasteiger partial charge on any atom is -0.288 e. The second-order valence-electron chi connectivity index (χ2n) is 4.70. The predicted octanol–water partition coefficient (Wildman–Crippen LogP) is 4.76. The summed E-state index contributed by atoms with van der Waals surface area (Å²) in [7, 11) is 0. The third kappa shape index (κ3) is 1.83. The lowest BCUT2D eigenvalue weighted by atomic mass is 10.1. The van der Waals surface area contributed by atoms with E-state index in [2.05, 4.69) is 4.98 Å². The van der Waals surface area contributed by atoms with E-state index in [4.69, 9.17) is 11.6 Å². The Labute approximate surface area is 127 Å². The standard InChI is InChI=1S/C16H7ClFNOS/c17-16-15-13(9-3-1-2-4-11(9)19-16)14(20)10-7-8(18)5-6-12(10)21-15/h1-7H. The summed E-state index contributed by atoms with van der Waals surface area (Å²) in [5.41, 5.74) is 0.453. The lowest BCUT2D eigenvalue weighted by Gasteiger charge is -2.06.